The Bertz CT molecular complexity index is 1040. The molecule has 0 aliphatic carbocycles. The van der Waals surface area contributed by atoms with E-state index < -0.39 is 0 Å². The van der Waals surface area contributed by atoms with Crippen LogP contribution in [0.15, 0.2) is 48.8 Å². The van der Waals surface area contributed by atoms with Crippen LogP contribution in [0.1, 0.15) is 30.9 Å². The van der Waals surface area contributed by atoms with E-state index in [1.807, 2.05) is 32.0 Å². The van der Waals surface area contributed by atoms with Crippen LogP contribution in [0.2, 0.25) is 0 Å². The molecular formula is C24H29N5O. The Labute approximate surface area is 177 Å². The minimum absolute atomic E-state index is 0.0199. The maximum Gasteiger partial charge on any atom is 0.242 e. The van der Waals surface area contributed by atoms with Gasteiger partial charge in [0.25, 0.3) is 0 Å². The molecule has 1 aromatic heterocycles. The molecule has 1 atom stereocenters. The van der Waals surface area contributed by atoms with Gasteiger partial charge >= 0.3 is 0 Å². The molecule has 6 heteroatoms. The van der Waals surface area contributed by atoms with Crippen molar-refractivity contribution in [2.75, 3.05) is 29.9 Å². The van der Waals surface area contributed by atoms with Crippen molar-refractivity contribution in [1.82, 2.24) is 15.3 Å². The number of hydrogen-bond donors (Lipinski definition) is 2. The van der Waals surface area contributed by atoms with Gasteiger partial charge in [-0.2, -0.15) is 0 Å². The fraction of sp³-hybridized carbons (Fsp3) is 0.375. The number of aromatic nitrogens is 2. The van der Waals surface area contributed by atoms with Crippen LogP contribution < -0.4 is 15.5 Å². The van der Waals surface area contributed by atoms with Gasteiger partial charge in [-0.3, -0.25) is 4.79 Å². The van der Waals surface area contributed by atoms with E-state index in [2.05, 4.69) is 49.8 Å². The molecule has 1 amide bonds. The summed E-state index contributed by atoms with van der Waals surface area (Å²) in [6.07, 6.45) is 4.80. The number of carbonyl (C=O) groups excluding carboxylic acids is 1. The molecule has 0 unspecified atom stereocenters. The summed E-state index contributed by atoms with van der Waals surface area (Å²) in [7, 11) is 0. The molecule has 6 nitrogen and oxygen atoms in total. The van der Waals surface area contributed by atoms with Crippen molar-refractivity contribution in [1.29, 1.82) is 0 Å². The summed E-state index contributed by atoms with van der Waals surface area (Å²) < 4.78 is 0. The molecule has 1 aliphatic rings. The number of nitrogens with zero attached hydrogens (tertiary/aromatic N) is 3. The molecule has 2 N–H and O–H groups in total. The van der Waals surface area contributed by atoms with Crippen LogP contribution in [0.5, 0.6) is 0 Å². The molecule has 0 saturated carbocycles. The summed E-state index contributed by atoms with van der Waals surface area (Å²) in [6, 6.07) is 14.3. The molecule has 0 spiro atoms. The number of rotatable bonds is 7. The van der Waals surface area contributed by atoms with Crippen LogP contribution in [0, 0.1) is 6.92 Å². The van der Waals surface area contributed by atoms with E-state index in [0.717, 1.165) is 42.4 Å². The Hall–Kier alpha value is -3.15. The number of anilines is 2. The number of amides is 1. The standard InChI is InChI=1S/C24H29N5O/c1-17-10-11-21-20(15-17)23(27-16-26-21)28-18(2)24(30)25-12-6-14-29-13-5-8-19-7-3-4-9-22(19)29/h3-4,7,9-11,15-16,18H,5-6,8,12-14H2,1-2H3,(H,25,30)(H,26,27,28)/t18-/m1/s1. The van der Waals surface area contributed by atoms with Crippen molar-refractivity contribution in [3.8, 4) is 0 Å². The second-order valence-electron chi connectivity index (χ2n) is 7.97. The number of para-hydroxylation sites is 1. The number of fused-ring (bicyclic) bond motifs is 2. The second kappa shape index (κ2) is 9.11. The smallest absolute Gasteiger partial charge is 0.242 e. The molecule has 0 radical (unpaired) electrons. The number of carbonyl (C=O) groups is 1. The monoisotopic (exact) mass is 403 g/mol. The first-order valence-electron chi connectivity index (χ1n) is 10.7. The first-order valence-corrected chi connectivity index (χ1v) is 10.7. The lowest BCUT2D eigenvalue weighted by molar-refractivity contribution is -0.121. The average molecular weight is 404 g/mol. The normalized spacial score (nSPS) is 14.3. The van der Waals surface area contributed by atoms with Crippen molar-refractivity contribution in [2.24, 2.45) is 0 Å². The molecule has 2 heterocycles. The van der Waals surface area contributed by atoms with E-state index in [1.54, 1.807) is 0 Å². The molecular weight excluding hydrogens is 374 g/mol. The zero-order chi connectivity index (χ0) is 20.9. The zero-order valence-electron chi connectivity index (χ0n) is 17.7. The largest absolute Gasteiger partial charge is 0.371 e. The summed E-state index contributed by atoms with van der Waals surface area (Å²) in [4.78, 5) is 23.6. The highest BCUT2D eigenvalue weighted by molar-refractivity contribution is 5.92. The summed E-state index contributed by atoms with van der Waals surface area (Å²) in [5, 5.41) is 7.23. The van der Waals surface area contributed by atoms with Crippen LogP contribution in [0.4, 0.5) is 11.5 Å². The number of aryl methyl sites for hydroxylation is 2. The first kappa shape index (κ1) is 20.1. The molecule has 0 saturated heterocycles. The quantitative estimate of drug-likeness (QED) is 0.589. The van der Waals surface area contributed by atoms with E-state index in [4.69, 9.17) is 0 Å². The Kier molecular flexibility index (Phi) is 6.12. The van der Waals surface area contributed by atoms with E-state index in [1.165, 1.54) is 24.0 Å². The van der Waals surface area contributed by atoms with E-state index in [-0.39, 0.29) is 11.9 Å². The van der Waals surface area contributed by atoms with Gasteiger partial charge in [0.15, 0.2) is 0 Å². The van der Waals surface area contributed by atoms with Crippen molar-refractivity contribution in [2.45, 2.75) is 39.2 Å². The summed E-state index contributed by atoms with van der Waals surface area (Å²) in [6.45, 7) is 6.60. The third-order valence-electron chi connectivity index (χ3n) is 5.65. The summed E-state index contributed by atoms with van der Waals surface area (Å²) in [5.74, 6) is 0.671. The second-order valence-corrected chi connectivity index (χ2v) is 7.97. The van der Waals surface area contributed by atoms with Crippen LogP contribution >= 0.6 is 0 Å². The molecule has 0 fully saturated rings. The van der Waals surface area contributed by atoms with Crippen molar-refractivity contribution < 1.29 is 4.79 Å². The third kappa shape index (κ3) is 4.53. The minimum Gasteiger partial charge on any atom is -0.371 e. The highest BCUT2D eigenvalue weighted by Crippen LogP contribution is 2.26. The Balaban J connectivity index is 1.28. The fourth-order valence-electron chi connectivity index (χ4n) is 4.03. The molecule has 30 heavy (non-hydrogen) atoms. The topological polar surface area (TPSA) is 70.1 Å². The molecule has 156 valence electrons. The predicted molar refractivity (Wildman–Crippen MR) is 122 cm³/mol. The van der Waals surface area contributed by atoms with E-state index in [0.29, 0.717) is 12.4 Å². The lowest BCUT2D eigenvalue weighted by Gasteiger charge is -2.31. The van der Waals surface area contributed by atoms with E-state index >= 15 is 0 Å². The molecule has 1 aliphatic heterocycles. The highest BCUT2D eigenvalue weighted by atomic mass is 16.2. The Morgan fingerprint density at radius 3 is 2.97 bits per heavy atom. The molecule has 4 rings (SSSR count). The zero-order valence-corrected chi connectivity index (χ0v) is 17.7. The van der Waals surface area contributed by atoms with Gasteiger partial charge in [0.2, 0.25) is 5.91 Å². The Morgan fingerprint density at radius 1 is 1.20 bits per heavy atom. The van der Waals surface area contributed by atoms with Gasteiger partial charge < -0.3 is 15.5 Å². The average Bonchev–Trinajstić information content (AvgIpc) is 2.77. The Morgan fingerprint density at radius 2 is 2.07 bits per heavy atom. The van der Waals surface area contributed by atoms with Crippen LogP contribution in [0.25, 0.3) is 10.9 Å². The van der Waals surface area contributed by atoms with E-state index in [9.17, 15) is 4.79 Å². The van der Waals surface area contributed by atoms with Gasteiger partial charge in [-0.1, -0.05) is 29.8 Å². The first-order chi connectivity index (χ1) is 14.6. The minimum atomic E-state index is -0.376. The highest BCUT2D eigenvalue weighted by Gasteiger charge is 2.17. The lowest BCUT2D eigenvalue weighted by atomic mass is 10.0. The van der Waals surface area contributed by atoms with Crippen molar-refractivity contribution in [3.05, 3.63) is 59.9 Å². The summed E-state index contributed by atoms with van der Waals surface area (Å²) >= 11 is 0. The maximum absolute atomic E-state index is 12.6. The van der Waals surface area contributed by atoms with Gasteiger partial charge in [0.05, 0.1) is 5.52 Å². The van der Waals surface area contributed by atoms with Gasteiger partial charge in [-0.15, -0.1) is 0 Å². The molecule has 0 bridgehead atoms. The number of benzene rings is 2. The molecule has 3 aromatic rings. The lowest BCUT2D eigenvalue weighted by Crippen LogP contribution is -2.39. The van der Waals surface area contributed by atoms with Crippen molar-refractivity contribution >= 4 is 28.3 Å². The van der Waals surface area contributed by atoms with Gasteiger partial charge in [0.1, 0.15) is 18.2 Å². The molecule has 2 aromatic carbocycles. The maximum atomic E-state index is 12.6. The SMILES string of the molecule is Cc1ccc2ncnc(N[C@H](C)C(=O)NCCCN3CCCc4ccccc43)c2c1. The van der Waals surface area contributed by atoms with Gasteiger partial charge in [-0.05, 0) is 56.9 Å². The summed E-state index contributed by atoms with van der Waals surface area (Å²) in [5.41, 5.74) is 4.78. The number of hydrogen-bond acceptors (Lipinski definition) is 5. The van der Waals surface area contributed by atoms with Crippen LogP contribution in [-0.4, -0.2) is 41.6 Å². The van der Waals surface area contributed by atoms with Crippen LogP contribution in [-0.2, 0) is 11.2 Å². The number of nitrogens with one attached hydrogen (secondary N) is 2. The fourth-order valence-corrected chi connectivity index (χ4v) is 4.03. The third-order valence-corrected chi connectivity index (χ3v) is 5.65. The van der Waals surface area contributed by atoms with Gasteiger partial charge in [-0.25, -0.2) is 9.97 Å². The van der Waals surface area contributed by atoms with Crippen LogP contribution in [0.3, 0.4) is 0 Å². The van der Waals surface area contributed by atoms with Crippen molar-refractivity contribution in [3.63, 3.8) is 0 Å². The predicted octanol–water partition coefficient (Wildman–Crippen LogP) is 3.70. The van der Waals surface area contributed by atoms with Gasteiger partial charge in [0, 0.05) is 30.7 Å².